The van der Waals surface area contributed by atoms with Crippen molar-refractivity contribution in [3.8, 4) is 0 Å². The minimum atomic E-state index is -0.434. The van der Waals surface area contributed by atoms with Gasteiger partial charge in [-0.25, -0.2) is 9.98 Å². The average molecular weight is 179 g/mol. The molecule has 2 N–H and O–H groups in total. The van der Waals surface area contributed by atoms with Gasteiger partial charge in [-0.3, -0.25) is 0 Å². The van der Waals surface area contributed by atoms with Crippen molar-refractivity contribution in [2.75, 3.05) is 0 Å². The number of aliphatic imine (C=N–C) groups is 2. The van der Waals surface area contributed by atoms with Crippen molar-refractivity contribution in [1.29, 1.82) is 0 Å². The van der Waals surface area contributed by atoms with Crippen LogP contribution in [0.15, 0.2) is 21.3 Å². The molecule has 0 aromatic rings. The molecule has 3 heteroatoms. The molecule has 72 valence electrons. The SMILES string of the molecule is CCC1=C(CC)C(C)(N)C=NC=N1. The fourth-order valence-electron chi connectivity index (χ4n) is 1.65. The van der Waals surface area contributed by atoms with Gasteiger partial charge >= 0.3 is 0 Å². The smallest absolute Gasteiger partial charge is 0.115 e. The molecule has 1 unspecified atom stereocenters. The number of rotatable bonds is 2. The Morgan fingerprint density at radius 2 is 2.08 bits per heavy atom. The monoisotopic (exact) mass is 179 g/mol. The molecule has 0 saturated carbocycles. The number of hydrogen-bond donors (Lipinski definition) is 1. The van der Waals surface area contributed by atoms with E-state index in [4.69, 9.17) is 5.73 Å². The first-order valence-electron chi connectivity index (χ1n) is 4.70. The van der Waals surface area contributed by atoms with Crippen LogP contribution in [0.4, 0.5) is 0 Å². The second-order valence-corrected chi connectivity index (χ2v) is 3.44. The van der Waals surface area contributed by atoms with Gasteiger partial charge in [-0.05, 0) is 25.3 Å². The summed E-state index contributed by atoms with van der Waals surface area (Å²) in [6.07, 6.45) is 5.18. The molecule has 1 aliphatic heterocycles. The van der Waals surface area contributed by atoms with Crippen molar-refractivity contribution in [3.63, 3.8) is 0 Å². The summed E-state index contributed by atoms with van der Waals surface area (Å²) < 4.78 is 0. The number of nitrogens with two attached hydrogens (primary N) is 1. The Morgan fingerprint density at radius 3 is 2.62 bits per heavy atom. The quantitative estimate of drug-likeness (QED) is 0.691. The zero-order valence-electron chi connectivity index (χ0n) is 8.54. The molecular weight excluding hydrogens is 162 g/mol. The molecule has 3 nitrogen and oxygen atoms in total. The van der Waals surface area contributed by atoms with E-state index < -0.39 is 5.54 Å². The molecular formula is C10H17N3. The standard InChI is InChI=1S/C10H17N3/c1-4-8-9(5-2)13-7-12-6-10(8,3)11/h6-7H,4-5,11H2,1-3H3. The summed E-state index contributed by atoms with van der Waals surface area (Å²) >= 11 is 0. The Hall–Kier alpha value is -0.960. The molecule has 0 fully saturated rings. The van der Waals surface area contributed by atoms with Crippen molar-refractivity contribution in [2.24, 2.45) is 15.7 Å². The highest BCUT2D eigenvalue weighted by Gasteiger charge is 2.24. The first-order chi connectivity index (χ1) is 6.11. The molecule has 1 aliphatic rings. The average Bonchev–Trinajstić information content (AvgIpc) is 2.22. The van der Waals surface area contributed by atoms with Crippen LogP contribution in [0, 0.1) is 0 Å². The zero-order chi connectivity index (χ0) is 9.90. The summed E-state index contributed by atoms with van der Waals surface area (Å²) in [6.45, 7) is 6.16. The van der Waals surface area contributed by atoms with Gasteiger partial charge < -0.3 is 5.73 Å². The maximum atomic E-state index is 6.11. The summed E-state index contributed by atoms with van der Waals surface area (Å²) in [4.78, 5) is 8.30. The third-order valence-corrected chi connectivity index (χ3v) is 2.31. The summed E-state index contributed by atoms with van der Waals surface area (Å²) in [5, 5.41) is 0. The van der Waals surface area contributed by atoms with Crippen molar-refractivity contribution in [3.05, 3.63) is 11.3 Å². The lowest BCUT2D eigenvalue weighted by atomic mass is 9.90. The largest absolute Gasteiger partial charge is 0.317 e. The molecule has 0 saturated heterocycles. The van der Waals surface area contributed by atoms with E-state index in [1.54, 1.807) is 12.6 Å². The van der Waals surface area contributed by atoms with Gasteiger partial charge in [0.05, 0.1) is 5.54 Å². The van der Waals surface area contributed by atoms with Gasteiger partial charge in [-0.15, -0.1) is 0 Å². The summed E-state index contributed by atoms with van der Waals surface area (Å²) in [5.74, 6) is 0. The number of nitrogens with zero attached hydrogens (tertiary/aromatic N) is 2. The number of hydrogen-bond acceptors (Lipinski definition) is 3. The summed E-state index contributed by atoms with van der Waals surface area (Å²) in [6, 6.07) is 0. The molecule has 0 radical (unpaired) electrons. The van der Waals surface area contributed by atoms with E-state index in [0.717, 1.165) is 18.5 Å². The molecule has 0 spiro atoms. The second kappa shape index (κ2) is 3.83. The second-order valence-electron chi connectivity index (χ2n) is 3.44. The fourth-order valence-corrected chi connectivity index (χ4v) is 1.65. The lowest BCUT2D eigenvalue weighted by molar-refractivity contribution is 0.696. The Bertz CT molecular complexity index is 272. The van der Waals surface area contributed by atoms with Crippen molar-refractivity contribution in [2.45, 2.75) is 39.2 Å². The van der Waals surface area contributed by atoms with Crippen LogP contribution in [-0.4, -0.2) is 18.1 Å². The van der Waals surface area contributed by atoms with Crippen molar-refractivity contribution in [1.82, 2.24) is 0 Å². The van der Waals surface area contributed by atoms with E-state index in [9.17, 15) is 0 Å². The van der Waals surface area contributed by atoms with E-state index in [1.165, 1.54) is 5.57 Å². The minimum Gasteiger partial charge on any atom is -0.317 e. The zero-order valence-corrected chi connectivity index (χ0v) is 8.54. The van der Waals surface area contributed by atoms with E-state index in [1.807, 2.05) is 6.92 Å². The maximum Gasteiger partial charge on any atom is 0.115 e. The normalized spacial score (nSPS) is 28.0. The molecule has 0 aliphatic carbocycles. The van der Waals surface area contributed by atoms with Crippen molar-refractivity contribution >= 4 is 12.6 Å². The van der Waals surface area contributed by atoms with Crippen molar-refractivity contribution < 1.29 is 0 Å². The first-order valence-corrected chi connectivity index (χ1v) is 4.70. The number of allylic oxidation sites excluding steroid dienone is 1. The van der Waals surface area contributed by atoms with Gasteiger partial charge in [-0.2, -0.15) is 0 Å². The lowest BCUT2D eigenvalue weighted by Gasteiger charge is -2.23. The van der Waals surface area contributed by atoms with Gasteiger partial charge in [0.25, 0.3) is 0 Å². The van der Waals surface area contributed by atoms with E-state index in [0.29, 0.717) is 0 Å². The maximum absolute atomic E-state index is 6.11. The van der Waals surface area contributed by atoms with Crippen LogP contribution in [0.2, 0.25) is 0 Å². The minimum absolute atomic E-state index is 0.434. The lowest BCUT2D eigenvalue weighted by Crippen LogP contribution is -2.40. The molecule has 13 heavy (non-hydrogen) atoms. The van der Waals surface area contributed by atoms with Gasteiger partial charge in [0.1, 0.15) is 6.34 Å². The summed E-state index contributed by atoms with van der Waals surface area (Å²) in [5.41, 5.74) is 7.94. The predicted octanol–water partition coefficient (Wildman–Crippen LogP) is 1.89. The van der Waals surface area contributed by atoms with Crippen LogP contribution < -0.4 is 5.73 Å². The third-order valence-electron chi connectivity index (χ3n) is 2.31. The summed E-state index contributed by atoms with van der Waals surface area (Å²) in [7, 11) is 0. The topological polar surface area (TPSA) is 50.7 Å². The van der Waals surface area contributed by atoms with Gasteiger partial charge in [0.2, 0.25) is 0 Å². The van der Waals surface area contributed by atoms with Gasteiger partial charge in [-0.1, -0.05) is 13.8 Å². The highest BCUT2D eigenvalue weighted by molar-refractivity contribution is 5.83. The third kappa shape index (κ3) is 2.04. The Kier molecular flexibility index (Phi) is 2.98. The molecule has 0 aromatic carbocycles. The van der Waals surface area contributed by atoms with Crippen LogP contribution in [0.1, 0.15) is 33.6 Å². The highest BCUT2D eigenvalue weighted by Crippen LogP contribution is 2.23. The molecule has 0 amide bonds. The van der Waals surface area contributed by atoms with E-state index in [-0.39, 0.29) is 0 Å². The van der Waals surface area contributed by atoms with E-state index >= 15 is 0 Å². The van der Waals surface area contributed by atoms with Crippen LogP contribution in [0.25, 0.3) is 0 Å². The van der Waals surface area contributed by atoms with Gasteiger partial charge in [0, 0.05) is 11.9 Å². The highest BCUT2D eigenvalue weighted by atomic mass is 14.9. The van der Waals surface area contributed by atoms with Crippen LogP contribution in [-0.2, 0) is 0 Å². The van der Waals surface area contributed by atoms with Crippen LogP contribution >= 0.6 is 0 Å². The van der Waals surface area contributed by atoms with Crippen LogP contribution in [0.3, 0.4) is 0 Å². The Morgan fingerprint density at radius 1 is 1.38 bits per heavy atom. The molecule has 1 rings (SSSR count). The first kappa shape index (κ1) is 10.1. The molecule has 0 bridgehead atoms. The van der Waals surface area contributed by atoms with E-state index in [2.05, 4.69) is 23.8 Å². The Balaban J connectivity index is 3.16. The molecule has 1 heterocycles. The van der Waals surface area contributed by atoms with Crippen LogP contribution in [0.5, 0.6) is 0 Å². The Labute approximate surface area is 79.5 Å². The molecule has 0 aromatic heterocycles. The predicted molar refractivity (Wildman–Crippen MR) is 57.2 cm³/mol. The van der Waals surface area contributed by atoms with Gasteiger partial charge in [0.15, 0.2) is 0 Å². The molecule has 1 atom stereocenters. The fraction of sp³-hybridized carbons (Fsp3) is 0.600.